The molecule has 1 fully saturated rings. The van der Waals surface area contributed by atoms with Crippen molar-refractivity contribution >= 4 is 38.8 Å². The van der Waals surface area contributed by atoms with E-state index in [9.17, 15) is 9.18 Å². The average Bonchev–Trinajstić information content (AvgIpc) is 3.42. The van der Waals surface area contributed by atoms with Crippen molar-refractivity contribution in [3.8, 4) is 15.8 Å². The normalized spacial score (nSPS) is 14.9. The molecule has 1 aliphatic rings. The van der Waals surface area contributed by atoms with E-state index in [1.165, 1.54) is 28.7 Å². The molecule has 30 heavy (non-hydrogen) atoms. The average molecular weight is 440 g/mol. The van der Waals surface area contributed by atoms with Gasteiger partial charge in [0.05, 0.1) is 4.70 Å². The molecule has 0 atom stereocenters. The van der Waals surface area contributed by atoms with E-state index in [0.717, 1.165) is 15.3 Å². The van der Waals surface area contributed by atoms with Crippen LogP contribution in [-0.4, -0.2) is 40.0 Å². The van der Waals surface area contributed by atoms with E-state index in [1.54, 1.807) is 6.07 Å². The number of hydrogen-bond donors (Lipinski definition) is 0. The van der Waals surface area contributed by atoms with Crippen LogP contribution < -0.4 is 4.74 Å². The first-order chi connectivity index (χ1) is 14.7. The van der Waals surface area contributed by atoms with Gasteiger partial charge in [-0.15, -0.1) is 11.3 Å². The summed E-state index contributed by atoms with van der Waals surface area (Å²) in [4.78, 5) is 23.5. The van der Waals surface area contributed by atoms with E-state index in [4.69, 9.17) is 4.74 Å². The summed E-state index contributed by atoms with van der Waals surface area (Å²) in [5.74, 6) is -0.383. The van der Waals surface area contributed by atoms with Crippen LogP contribution in [0.15, 0.2) is 53.9 Å². The number of nitrogens with zero attached hydrogens (tertiary/aromatic N) is 3. The topological polar surface area (TPSA) is 55.3 Å². The number of aromatic nitrogens is 2. The summed E-state index contributed by atoms with van der Waals surface area (Å²) in [5, 5.41) is 3.15. The van der Waals surface area contributed by atoms with E-state index in [0.29, 0.717) is 42.3 Å². The Kier molecular flexibility index (Phi) is 5.18. The molecule has 1 aliphatic heterocycles. The van der Waals surface area contributed by atoms with Crippen LogP contribution in [0.4, 0.5) is 4.39 Å². The Bertz CT molecular complexity index is 1180. The van der Waals surface area contributed by atoms with Crippen molar-refractivity contribution in [2.75, 3.05) is 13.1 Å². The number of amides is 1. The van der Waals surface area contributed by atoms with Crippen molar-refractivity contribution in [3.63, 3.8) is 0 Å². The lowest BCUT2D eigenvalue weighted by atomic mass is 10.1. The third kappa shape index (κ3) is 3.80. The summed E-state index contributed by atoms with van der Waals surface area (Å²) in [6.45, 7) is 1.20. The largest absolute Gasteiger partial charge is 0.467 e. The van der Waals surface area contributed by atoms with Crippen LogP contribution in [0.1, 0.15) is 23.3 Å². The number of thiazole rings is 2. The van der Waals surface area contributed by atoms with E-state index in [2.05, 4.69) is 9.97 Å². The molecule has 0 spiro atoms. The molecule has 2 aromatic heterocycles. The highest BCUT2D eigenvalue weighted by atomic mass is 32.1. The maximum absolute atomic E-state index is 13.8. The Morgan fingerprint density at radius 3 is 2.63 bits per heavy atom. The Morgan fingerprint density at radius 1 is 1.07 bits per heavy atom. The first-order valence-electron chi connectivity index (χ1n) is 9.69. The first kappa shape index (κ1) is 19.1. The van der Waals surface area contributed by atoms with Gasteiger partial charge in [-0.1, -0.05) is 47.7 Å². The van der Waals surface area contributed by atoms with E-state index in [1.807, 2.05) is 46.7 Å². The fourth-order valence-electron chi connectivity index (χ4n) is 3.51. The molecule has 0 unspecified atom stereocenters. The van der Waals surface area contributed by atoms with Gasteiger partial charge in [0, 0.05) is 36.9 Å². The molecule has 1 saturated heterocycles. The lowest BCUT2D eigenvalue weighted by Gasteiger charge is -2.31. The second-order valence-corrected chi connectivity index (χ2v) is 8.93. The Labute approximate surface area is 180 Å². The summed E-state index contributed by atoms with van der Waals surface area (Å²) in [6, 6.07) is 14.8. The van der Waals surface area contributed by atoms with Crippen molar-refractivity contribution in [2.24, 2.45) is 0 Å². The maximum atomic E-state index is 13.8. The van der Waals surface area contributed by atoms with Crippen molar-refractivity contribution in [1.29, 1.82) is 0 Å². The minimum absolute atomic E-state index is 0.0343. The van der Waals surface area contributed by atoms with Gasteiger partial charge in [-0.2, -0.15) is 4.98 Å². The van der Waals surface area contributed by atoms with Gasteiger partial charge in [-0.25, -0.2) is 9.37 Å². The van der Waals surface area contributed by atoms with Gasteiger partial charge >= 0.3 is 0 Å². The summed E-state index contributed by atoms with van der Waals surface area (Å²) >= 11 is 2.83. The number of para-hydroxylation sites is 1. The molecule has 0 saturated carbocycles. The smallest absolute Gasteiger partial charge is 0.274 e. The first-order valence-corrected chi connectivity index (χ1v) is 11.4. The van der Waals surface area contributed by atoms with Crippen LogP contribution >= 0.6 is 22.7 Å². The highest BCUT2D eigenvalue weighted by molar-refractivity contribution is 7.20. The zero-order chi connectivity index (χ0) is 20.5. The zero-order valence-electron chi connectivity index (χ0n) is 16.0. The van der Waals surface area contributed by atoms with Crippen molar-refractivity contribution < 1.29 is 13.9 Å². The second-order valence-electron chi connectivity index (χ2n) is 7.08. The molecule has 1 amide bonds. The standard InChI is InChI=1S/C22H18FN3O2S2/c23-16-7-4-8-18-19(16)25-22(30-18)28-15-9-11-26(12-10-15)21(27)17-13-29-20(24-17)14-5-2-1-3-6-14/h1-8,13,15H,9-12H2. The highest BCUT2D eigenvalue weighted by Crippen LogP contribution is 2.31. The van der Waals surface area contributed by atoms with E-state index < -0.39 is 0 Å². The minimum Gasteiger partial charge on any atom is -0.467 e. The lowest BCUT2D eigenvalue weighted by Crippen LogP contribution is -2.41. The number of rotatable bonds is 4. The fraction of sp³-hybridized carbons (Fsp3) is 0.227. The predicted molar refractivity (Wildman–Crippen MR) is 117 cm³/mol. The molecular formula is C22H18FN3O2S2. The third-order valence-electron chi connectivity index (χ3n) is 5.09. The molecule has 152 valence electrons. The Balaban J connectivity index is 1.21. The number of ether oxygens (including phenoxy) is 1. The van der Waals surface area contributed by atoms with Crippen molar-refractivity contribution in [2.45, 2.75) is 18.9 Å². The molecule has 2 aromatic carbocycles. The van der Waals surface area contributed by atoms with Crippen LogP contribution in [0.2, 0.25) is 0 Å². The minimum atomic E-state index is -0.336. The number of carbonyl (C=O) groups is 1. The van der Waals surface area contributed by atoms with E-state index in [-0.39, 0.29) is 17.8 Å². The van der Waals surface area contributed by atoms with Gasteiger partial charge in [0.2, 0.25) is 0 Å². The Morgan fingerprint density at radius 2 is 1.87 bits per heavy atom. The zero-order valence-corrected chi connectivity index (χ0v) is 17.6. The van der Waals surface area contributed by atoms with Gasteiger partial charge in [-0.05, 0) is 12.1 Å². The number of piperidine rings is 1. The maximum Gasteiger partial charge on any atom is 0.274 e. The number of fused-ring (bicyclic) bond motifs is 1. The SMILES string of the molecule is O=C(c1csc(-c2ccccc2)n1)N1CCC(Oc2nc3c(F)cccc3s2)CC1. The highest BCUT2D eigenvalue weighted by Gasteiger charge is 2.27. The fourth-order valence-corrected chi connectivity index (χ4v) is 5.21. The molecule has 5 rings (SSSR count). The van der Waals surface area contributed by atoms with Crippen molar-refractivity contribution in [3.05, 3.63) is 65.4 Å². The summed E-state index contributed by atoms with van der Waals surface area (Å²) in [7, 11) is 0. The quantitative estimate of drug-likeness (QED) is 0.436. The lowest BCUT2D eigenvalue weighted by molar-refractivity contribution is 0.0591. The van der Waals surface area contributed by atoms with Gasteiger partial charge in [-0.3, -0.25) is 4.79 Å². The predicted octanol–water partition coefficient (Wildman–Crippen LogP) is 5.24. The van der Waals surface area contributed by atoms with Crippen LogP contribution in [0, 0.1) is 5.82 Å². The molecular weight excluding hydrogens is 421 g/mol. The number of benzene rings is 2. The van der Waals surface area contributed by atoms with Crippen molar-refractivity contribution in [1.82, 2.24) is 14.9 Å². The summed E-state index contributed by atoms with van der Waals surface area (Å²) in [5.41, 5.74) is 1.85. The van der Waals surface area contributed by atoms with Crippen LogP contribution in [-0.2, 0) is 0 Å². The monoisotopic (exact) mass is 439 g/mol. The molecule has 8 heteroatoms. The number of hydrogen-bond acceptors (Lipinski definition) is 6. The molecule has 5 nitrogen and oxygen atoms in total. The van der Waals surface area contributed by atoms with Gasteiger partial charge in [0.1, 0.15) is 28.1 Å². The van der Waals surface area contributed by atoms with Crippen LogP contribution in [0.25, 0.3) is 20.8 Å². The number of halogens is 1. The van der Waals surface area contributed by atoms with Gasteiger partial charge in [0.15, 0.2) is 0 Å². The van der Waals surface area contributed by atoms with Gasteiger partial charge in [0.25, 0.3) is 11.1 Å². The summed E-state index contributed by atoms with van der Waals surface area (Å²) < 4.78 is 20.6. The molecule has 3 heterocycles. The summed E-state index contributed by atoms with van der Waals surface area (Å²) in [6.07, 6.45) is 1.38. The molecule has 0 bridgehead atoms. The third-order valence-corrected chi connectivity index (χ3v) is 6.89. The molecule has 0 N–H and O–H groups in total. The number of likely N-dealkylation sites (tertiary alicyclic amines) is 1. The second kappa shape index (κ2) is 8.12. The van der Waals surface area contributed by atoms with E-state index >= 15 is 0 Å². The number of carbonyl (C=O) groups excluding carboxylic acids is 1. The van der Waals surface area contributed by atoms with Crippen LogP contribution in [0.5, 0.6) is 5.19 Å². The molecule has 0 aliphatic carbocycles. The molecule has 4 aromatic rings. The van der Waals surface area contributed by atoms with Crippen LogP contribution in [0.3, 0.4) is 0 Å². The van der Waals surface area contributed by atoms with Gasteiger partial charge < -0.3 is 9.64 Å². The Hall–Kier alpha value is -2.84. The molecule has 0 radical (unpaired) electrons.